The van der Waals surface area contributed by atoms with Gasteiger partial charge in [0.25, 0.3) is 5.91 Å². The molecule has 1 saturated heterocycles. The summed E-state index contributed by atoms with van der Waals surface area (Å²) in [6.07, 6.45) is 3.40. The number of hydrogen-bond acceptors (Lipinski definition) is 2. The maximum atomic E-state index is 12.5. The third-order valence-corrected chi connectivity index (χ3v) is 4.75. The van der Waals surface area contributed by atoms with Crippen LogP contribution in [0.25, 0.3) is 0 Å². The van der Waals surface area contributed by atoms with E-state index in [0.717, 1.165) is 37.9 Å². The molecule has 19 heavy (non-hydrogen) atoms. The van der Waals surface area contributed by atoms with Gasteiger partial charge in [0.05, 0.1) is 0 Å². The van der Waals surface area contributed by atoms with E-state index >= 15 is 0 Å². The van der Waals surface area contributed by atoms with Gasteiger partial charge in [-0.1, -0.05) is 19.9 Å². The number of anilines is 1. The third kappa shape index (κ3) is 2.60. The number of rotatable bonds is 3. The Morgan fingerprint density at radius 1 is 1.37 bits per heavy atom. The molecule has 0 aromatic heterocycles. The molecule has 1 heterocycles. The molecule has 1 aliphatic heterocycles. The van der Waals surface area contributed by atoms with Crippen molar-refractivity contribution in [1.29, 1.82) is 0 Å². The Bertz CT molecular complexity index is 478. The van der Waals surface area contributed by atoms with Crippen molar-refractivity contribution in [3.05, 3.63) is 29.3 Å². The first-order valence-corrected chi connectivity index (χ1v) is 7.17. The molecule has 0 unspecified atom stereocenters. The quantitative estimate of drug-likeness (QED) is 0.848. The predicted molar refractivity (Wildman–Crippen MR) is 79.1 cm³/mol. The summed E-state index contributed by atoms with van der Waals surface area (Å²) in [7, 11) is 0. The number of nitrogen functional groups attached to an aromatic ring is 1. The van der Waals surface area contributed by atoms with E-state index in [1.54, 1.807) is 6.07 Å². The first-order valence-electron chi connectivity index (χ1n) is 7.17. The maximum Gasteiger partial charge on any atom is 0.253 e. The molecule has 1 aromatic carbocycles. The fourth-order valence-electron chi connectivity index (χ4n) is 2.89. The van der Waals surface area contributed by atoms with Crippen LogP contribution < -0.4 is 5.73 Å². The molecule has 0 radical (unpaired) electrons. The van der Waals surface area contributed by atoms with Crippen LogP contribution in [-0.4, -0.2) is 23.9 Å². The molecule has 1 aromatic rings. The molecule has 0 aliphatic carbocycles. The highest BCUT2D eigenvalue weighted by atomic mass is 16.2. The zero-order chi connectivity index (χ0) is 14.0. The molecule has 1 fully saturated rings. The smallest absolute Gasteiger partial charge is 0.253 e. The van der Waals surface area contributed by atoms with Crippen molar-refractivity contribution in [2.45, 2.75) is 40.0 Å². The summed E-state index contributed by atoms with van der Waals surface area (Å²) in [5, 5.41) is 0. The highest BCUT2D eigenvalue weighted by Crippen LogP contribution is 2.37. The Balaban J connectivity index is 2.15. The molecule has 0 bridgehead atoms. The number of nitrogens with two attached hydrogens (primary N) is 1. The summed E-state index contributed by atoms with van der Waals surface area (Å²) in [5.41, 5.74) is 8.65. The number of benzene rings is 1. The van der Waals surface area contributed by atoms with Crippen LogP contribution in [0.15, 0.2) is 18.2 Å². The number of aryl methyl sites for hydroxylation is 1. The van der Waals surface area contributed by atoms with Crippen molar-refractivity contribution >= 4 is 11.6 Å². The van der Waals surface area contributed by atoms with Crippen LogP contribution in [0.3, 0.4) is 0 Å². The molecule has 1 amide bonds. The summed E-state index contributed by atoms with van der Waals surface area (Å²) < 4.78 is 0. The fourth-order valence-corrected chi connectivity index (χ4v) is 2.89. The molecule has 2 N–H and O–H groups in total. The number of nitrogens with zero attached hydrogens (tertiary/aromatic N) is 1. The molecular formula is C16H24N2O. The second-order valence-corrected chi connectivity index (χ2v) is 5.76. The van der Waals surface area contributed by atoms with Crippen molar-refractivity contribution in [1.82, 2.24) is 4.90 Å². The lowest BCUT2D eigenvalue weighted by Crippen LogP contribution is -2.31. The topological polar surface area (TPSA) is 46.3 Å². The molecule has 2 rings (SSSR count). The standard InChI is InChI=1S/C16H24N2O/c1-4-16(5-2)8-9-18(11-16)15(19)13-7-6-12(3)14(17)10-13/h6-7,10H,4-5,8-9,11,17H2,1-3H3. The fraction of sp³-hybridized carbons (Fsp3) is 0.562. The van der Waals surface area contributed by atoms with E-state index in [0.29, 0.717) is 16.7 Å². The SMILES string of the molecule is CCC1(CC)CCN(C(=O)c2ccc(C)c(N)c2)C1. The predicted octanol–water partition coefficient (Wildman–Crippen LogP) is 3.23. The van der Waals surface area contributed by atoms with Gasteiger partial charge in [0.2, 0.25) is 0 Å². The first kappa shape index (κ1) is 13.9. The van der Waals surface area contributed by atoms with E-state index in [9.17, 15) is 4.79 Å². The minimum atomic E-state index is 0.121. The van der Waals surface area contributed by atoms with Crippen LogP contribution in [0.5, 0.6) is 0 Å². The largest absolute Gasteiger partial charge is 0.398 e. The van der Waals surface area contributed by atoms with E-state index in [-0.39, 0.29) is 5.91 Å². The van der Waals surface area contributed by atoms with E-state index in [1.165, 1.54) is 0 Å². The Morgan fingerprint density at radius 3 is 2.58 bits per heavy atom. The Morgan fingerprint density at radius 2 is 2.05 bits per heavy atom. The van der Waals surface area contributed by atoms with Crippen molar-refractivity contribution < 1.29 is 4.79 Å². The first-order chi connectivity index (χ1) is 9.01. The highest BCUT2D eigenvalue weighted by molar-refractivity contribution is 5.95. The zero-order valence-electron chi connectivity index (χ0n) is 12.2. The lowest BCUT2D eigenvalue weighted by atomic mass is 9.82. The van der Waals surface area contributed by atoms with Crippen LogP contribution in [0.4, 0.5) is 5.69 Å². The molecule has 0 spiro atoms. The van der Waals surface area contributed by atoms with Gasteiger partial charge in [-0.05, 0) is 49.3 Å². The van der Waals surface area contributed by atoms with Crippen LogP contribution in [0, 0.1) is 12.3 Å². The van der Waals surface area contributed by atoms with Gasteiger partial charge in [-0.2, -0.15) is 0 Å². The second-order valence-electron chi connectivity index (χ2n) is 5.76. The summed E-state index contributed by atoms with van der Waals surface area (Å²) in [6.45, 7) is 8.15. The Hall–Kier alpha value is -1.51. The van der Waals surface area contributed by atoms with Gasteiger partial charge in [-0.25, -0.2) is 0 Å². The zero-order valence-corrected chi connectivity index (χ0v) is 12.2. The Labute approximate surface area is 115 Å². The van der Waals surface area contributed by atoms with Crippen molar-refractivity contribution in [2.24, 2.45) is 5.41 Å². The average molecular weight is 260 g/mol. The lowest BCUT2D eigenvalue weighted by Gasteiger charge is -2.26. The second kappa shape index (κ2) is 5.24. The van der Waals surface area contributed by atoms with Gasteiger partial charge in [-0.15, -0.1) is 0 Å². The summed E-state index contributed by atoms with van der Waals surface area (Å²) in [6, 6.07) is 5.60. The molecular weight excluding hydrogens is 236 g/mol. The third-order valence-electron chi connectivity index (χ3n) is 4.75. The molecule has 1 aliphatic rings. The van der Waals surface area contributed by atoms with Crippen molar-refractivity contribution in [3.8, 4) is 0 Å². The van der Waals surface area contributed by atoms with Gasteiger partial charge in [0.1, 0.15) is 0 Å². The lowest BCUT2D eigenvalue weighted by molar-refractivity contribution is 0.0770. The van der Waals surface area contributed by atoms with E-state index in [1.807, 2.05) is 24.0 Å². The van der Waals surface area contributed by atoms with Crippen LogP contribution >= 0.6 is 0 Å². The van der Waals surface area contributed by atoms with E-state index < -0.39 is 0 Å². The van der Waals surface area contributed by atoms with Gasteiger partial charge < -0.3 is 10.6 Å². The maximum absolute atomic E-state index is 12.5. The molecule has 0 atom stereocenters. The molecule has 0 saturated carbocycles. The number of amides is 1. The summed E-state index contributed by atoms with van der Waals surface area (Å²) >= 11 is 0. The Kier molecular flexibility index (Phi) is 3.83. The number of hydrogen-bond donors (Lipinski definition) is 1. The molecule has 104 valence electrons. The molecule has 3 heteroatoms. The normalized spacial score (nSPS) is 17.7. The van der Waals surface area contributed by atoms with Crippen molar-refractivity contribution in [2.75, 3.05) is 18.8 Å². The summed E-state index contributed by atoms with van der Waals surface area (Å²) in [5.74, 6) is 0.121. The highest BCUT2D eigenvalue weighted by Gasteiger charge is 2.37. The van der Waals surface area contributed by atoms with Crippen molar-refractivity contribution in [3.63, 3.8) is 0 Å². The van der Waals surface area contributed by atoms with Gasteiger partial charge in [-0.3, -0.25) is 4.79 Å². The van der Waals surface area contributed by atoms with Gasteiger partial charge in [0, 0.05) is 24.3 Å². The monoisotopic (exact) mass is 260 g/mol. The van der Waals surface area contributed by atoms with Crippen LogP contribution in [0.2, 0.25) is 0 Å². The average Bonchev–Trinajstić information content (AvgIpc) is 2.86. The van der Waals surface area contributed by atoms with E-state index in [2.05, 4.69) is 13.8 Å². The minimum Gasteiger partial charge on any atom is -0.398 e. The van der Waals surface area contributed by atoms with E-state index in [4.69, 9.17) is 5.73 Å². The number of carbonyl (C=O) groups excluding carboxylic acids is 1. The van der Waals surface area contributed by atoms with Crippen LogP contribution in [-0.2, 0) is 0 Å². The van der Waals surface area contributed by atoms with Gasteiger partial charge >= 0.3 is 0 Å². The summed E-state index contributed by atoms with van der Waals surface area (Å²) in [4.78, 5) is 14.5. The number of likely N-dealkylation sites (tertiary alicyclic amines) is 1. The van der Waals surface area contributed by atoms with Gasteiger partial charge in [0.15, 0.2) is 0 Å². The van der Waals surface area contributed by atoms with Crippen LogP contribution in [0.1, 0.15) is 49.0 Å². The number of carbonyl (C=O) groups is 1. The minimum absolute atomic E-state index is 0.121. The molecule has 3 nitrogen and oxygen atoms in total.